The molecule has 0 aliphatic heterocycles. The molecule has 0 amide bonds. The van der Waals surface area contributed by atoms with Crippen LogP contribution in [0.15, 0.2) is 56.5 Å². The molecule has 3 N–H and O–H groups in total. The van der Waals surface area contributed by atoms with Gasteiger partial charge in [-0.25, -0.2) is 14.3 Å². The molecule has 1 fully saturated rings. The number of rotatable bonds is 7. The van der Waals surface area contributed by atoms with E-state index in [1.165, 1.54) is 6.07 Å². The Balaban J connectivity index is 1.79. The van der Waals surface area contributed by atoms with Gasteiger partial charge in [-0.1, -0.05) is 24.3 Å². The number of fused-ring (bicyclic) bond motifs is 1. The molecule has 38 heavy (non-hydrogen) atoms. The molecule has 1 aliphatic rings. The summed E-state index contributed by atoms with van der Waals surface area (Å²) in [4.78, 5) is 27.0. The molecule has 5 rings (SSSR count). The average molecular weight is 649 g/mol. The van der Waals surface area contributed by atoms with Crippen LogP contribution < -0.4 is 21.0 Å². The molecule has 0 unspecified atom stereocenters. The van der Waals surface area contributed by atoms with Gasteiger partial charge in [0.1, 0.15) is 5.82 Å². The topological polar surface area (TPSA) is 124 Å². The van der Waals surface area contributed by atoms with Crippen LogP contribution in [0.2, 0.25) is 0 Å². The normalized spacial score (nSPS) is 13.8. The van der Waals surface area contributed by atoms with Gasteiger partial charge in [-0.2, -0.15) is 13.1 Å². The Bertz CT molecular complexity index is 1830. The van der Waals surface area contributed by atoms with E-state index in [9.17, 15) is 22.4 Å². The molecule has 2 aromatic carbocycles. The standard InChI is InChI=1S/C27H25FIN3O5S/c1-14-21(11-17-6-7-19(29)12-22(17)28)24-25(37-27(14)34)23(15(2)32(26(24)33)20-8-9-20)18-5-3-4-16(10-18)13-31-38(30,35)36/h3-7,10,12,20,31H,8-9,11,13H2,1-2H3,(H2,30,35,36). The second kappa shape index (κ2) is 10.0. The molecule has 11 heteroatoms. The van der Waals surface area contributed by atoms with Crippen molar-refractivity contribution in [2.75, 3.05) is 0 Å². The number of nitrogens with one attached hydrogen (secondary N) is 1. The van der Waals surface area contributed by atoms with Crippen LogP contribution >= 0.6 is 22.6 Å². The fourth-order valence-corrected chi connectivity index (χ4v) is 5.66. The first-order chi connectivity index (χ1) is 17.9. The van der Waals surface area contributed by atoms with E-state index in [2.05, 4.69) is 4.72 Å². The largest absolute Gasteiger partial charge is 0.422 e. The monoisotopic (exact) mass is 649 g/mol. The summed E-state index contributed by atoms with van der Waals surface area (Å²) >= 11 is 2.03. The van der Waals surface area contributed by atoms with E-state index in [4.69, 9.17) is 9.56 Å². The molecule has 2 heterocycles. The van der Waals surface area contributed by atoms with Crippen LogP contribution in [0.1, 0.15) is 46.8 Å². The van der Waals surface area contributed by atoms with Crippen LogP contribution in [0.3, 0.4) is 0 Å². The van der Waals surface area contributed by atoms with Crippen LogP contribution in [0, 0.1) is 23.2 Å². The van der Waals surface area contributed by atoms with Gasteiger partial charge < -0.3 is 8.98 Å². The number of nitrogens with zero attached hydrogens (tertiary/aromatic N) is 1. The lowest BCUT2D eigenvalue weighted by atomic mass is 9.94. The van der Waals surface area contributed by atoms with Gasteiger partial charge in [0.15, 0.2) is 5.58 Å². The molecule has 0 radical (unpaired) electrons. The van der Waals surface area contributed by atoms with E-state index < -0.39 is 21.7 Å². The van der Waals surface area contributed by atoms with Gasteiger partial charge in [-0.15, -0.1) is 0 Å². The Morgan fingerprint density at radius 2 is 1.89 bits per heavy atom. The molecule has 8 nitrogen and oxygen atoms in total. The highest BCUT2D eigenvalue weighted by molar-refractivity contribution is 14.1. The van der Waals surface area contributed by atoms with Gasteiger partial charge in [0.05, 0.1) is 5.39 Å². The summed E-state index contributed by atoms with van der Waals surface area (Å²) in [6.45, 7) is 3.36. The lowest BCUT2D eigenvalue weighted by molar-refractivity contribution is 0.549. The van der Waals surface area contributed by atoms with Crippen molar-refractivity contribution < 1.29 is 17.2 Å². The van der Waals surface area contributed by atoms with Crippen molar-refractivity contribution in [2.24, 2.45) is 5.14 Å². The maximum Gasteiger partial charge on any atom is 0.339 e. The zero-order chi connectivity index (χ0) is 27.4. The third-order valence-corrected chi connectivity index (χ3v) is 8.07. The Morgan fingerprint density at radius 1 is 1.16 bits per heavy atom. The number of benzene rings is 2. The zero-order valence-corrected chi connectivity index (χ0v) is 23.7. The summed E-state index contributed by atoms with van der Waals surface area (Å²) in [5, 5.41) is 5.33. The lowest BCUT2D eigenvalue weighted by Crippen LogP contribution is -2.30. The van der Waals surface area contributed by atoms with Crippen LogP contribution in [0.25, 0.3) is 22.1 Å². The molecule has 0 saturated heterocycles. The van der Waals surface area contributed by atoms with E-state index in [1.54, 1.807) is 41.8 Å². The van der Waals surface area contributed by atoms with E-state index >= 15 is 0 Å². The molecule has 1 aliphatic carbocycles. The summed E-state index contributed by atoms with van der Waals surface area (Å²) in [6, 6.07) is 11.9. The number of halogens is 2. The average Bonchev–Trinajstić information content (AvgIpc) is 3.67. The fraction of sp³-hybridized carbons (Fsp3) is 0.259. The van der Waals surface area contributed by atoms with Crippen LogP contribution in [0.5, 0.6) is 0 Å². The van der Waals surface area contributed by atoms with Gasteiger partial charge in [0, 0.05) is 39.4 Å². The lowest BCUT2D eigenvalue weighted by Gasteiger charge is -2.19. The molecule has 0 spiro atoms. The minimum atomic E-state index is -3.90. The van der Waals surface area contributed by atoms with Gasteiger partial charge >= 0.3 is 5.63 Å². The van der Waals surface area contributed by atoms with Gasteiger partial charge in [0.2, 0.25) is 0 Å². The summed E-state index contributed by atoms with van der Waals surface area (Å²) in [7, 11) is -3.90. The number of hydrogen-bond donors (Lipinski definition) is 2. The zero-order valence-electron chi connectivity index (χ0n) is 20.7. The van der Waals surface area contributed by atoms with E-state index in [0.29, 0.717) is 33.5 Å². The van der Waals surface area contributed by atoms with Crippen molar-refractivity contribution >= 4 is 43.8 Å². The van der Waals surface area contributed by atoms with E-state index in [1.807, 2.05) is 35.6 Å². The van der Waals surface area contributed by atoms with Crippen molar-refractivity contribution in [2.45, 2.75) is 45.7 Å². The molecular formula is C27H25FIN3O5S. The van der Waals surface area contributed by atoms with E-state index in [-0.39, 0.29) is 41.1 Å². The number of hydrogen-bond acceptors (Lipinski definition) is 5. The maximum atomic E-state index is 14.8. The predicted octanol–water partition coefficient (Wildman–Crippen LogP) is 4.20. The van der Waals surface area contributed by atoms with Crippen molar-refractivity contribution in [3.63, 3.8) is 0 Å². The molecule has 0 atom stereocenters. The second-order valence-corrected chi connectivity index (χ2v) is 12.2. The third-order valence-electron chi connectivity index (χ3n) is 6.85. The number of nitrogens with two attached hydrogens (primary N) is 1. The molecule has 2 aromatic heterocycles. The quantitative estimate of drug-likeness (QED) is 0.291. The maximum absolute atomic E-state index is 14.8. The van der Waals surface area contributed by atoms with Crippen molar-refractivity contribution in [1.29, 1.82) is 0 Å². The first-order valence-corrected chi connectivity index (χ1v) is 14.6. The fourth-order valence-electron chi connectivity index (χ4n) is 4.84. The minimum absolute atomic E-state index is 0.0213. The van der Waals surface area contributed by atoms with E-state index in [0.717, 1.165) is 16.4 Å². The number of aromatic nitrogens is 1. The first kappa shape index (κ1) is 26.7. The highest BCUT2D eigenvalue weighted by Gasteiger charge is 2.31. The van der Waals surface area contributed by atoms with Crippen molar-refractivity contribution in [3.05, 3.63) is 101 Å². The number of pyridine rings is 1. The van der Waals surface area contributed by atoms with Crippen LogP contribution in [0.4, 0.5) is 4.39 Å². The van der Waals surface area contributed by atoms with Crippen LogP contribution in [-0.2, 0) is 23.2 Å². The van der Waals surface area contributed by atoms with Crippen LogP contribution in [-0.4, -0.2) is 13.0 Å². The Kier molecular flexibility index (Phi) is 7.05. The highest BCUT2D eigenvalue weighted by Crippen LogP contribution is 2.40. The van der Waals surface area contributed by atoms with Crippen molar-refractivity contribution in [3.8, 4) is 11.1 Å². The van der Waals surface area contributed by atoms with Gasteiger partial charge in [-0.3, -0.25) is 4.79 Å². The molecule has 1 saturated carbocycles. The summed E-state index contributed by atoms with van der Waals surface area (Å²) in [6.07, 6.45) is 1.75. The Labute approximate surface area is 232 Å². The molecule has 4 aromatic rings. The molecular weight excluding hydrogens is 624 g/mol. The third kappa shape index (κ3) is 5.20. The Hall–Kier alpha value is -2.87. The Morgan fingerprint density at radius 3 is 2.55 bits per heavy atom. The predicted molar refractivity (Wildman–Crippen MR) is 152 cm³/mol. The second-order valence-electron chi connectivity index (χ2n) is 9.54. The summed E-state index contributed by atoms with van der Waals surface area (Å²) < 4.78 is 48.2. The van der Waals surface area contributed by atoms with Gasteiger partial charge in [0.25, 0.3) is 15.8 Å². The van der Waals surface area contributed by atoms with Crippen molar-refractivity contribution in [1.82, 2.24) is 9.29 Å². The SMILES string of the molecule is Cc1c(Cc2ccc(I)cc2F)c2c(=O)n(C3CC3)c(C)c(-c3cccc(CNS(N)(=O)=O)c3)c2oc1=O. The van der Waals surface area contributed by atoms with Gasteiger partial charge in [-0.05, 0) is 89.7 Å². The molecule has 198 valence electrons. The summed E-state index contributed by atoms with van der Waals surface area (Å²) in [5.74, 6) is -0.414. The highest BCUT2D eigenvalue weighted by atomic mass is 127. The smallest absolute Gasteiger partial charge is 0.339 e. The minimum Gasteiger partial charge on any atom is -0.422 e. The first-order valence-electron chi connectivity index (χ1n) is 12.0. The summed E-state index contributed by atoms with van der Waals surface area (Å²) in [5.41, 5.74) is 2.80. The molecule has 0 bridgehead atoms.